The van der Waals surface area contributed by atoms with E-state index in [0.29, 0.717) is 0 Å². The predicted molar refractivity (Wildman–Crippen MR) is 46.8 cm³/mol. The number of hydrogen-bond acceptors (Lipinski definition) is 3. The Labute approximate surface area is 70.5 Å². The van der Waals surface area contributed by atoms with E-state index in [1.165, 1.54) is 0 Å². The van der Waals surface area contributed by atoms with Gasteiger partial charge in [-0.3, -0.25) is 0 Å². The highest BCUT2D eigenvalue weighted by molar-refractivity contribution is 5.73. The van der Waals surface area contributed by atoms with Crippen LogP contribution in [-0.4, -0.2) is 15.0 Å². The summed E-state index contributed by atoms with van der Waals surface area (Å²) in [6, 6.07) is 2.03. The smallest absolute Gasteiger partial charge is 0.162 e. The van der Waals surface area contributed by atoms with Crippen molar-refractivity contribution in [2.45, 2.75) is 13.8 Å². The number of pyridine rings is 1. The molecule has 0 saturated carbocycles. The minimum Gasteiger partial charge on any atom is -0.241 e. The fourth-order valence-corrected chi connectivity index (χ4v) is 1.12. The highest BCUT2D eigenvalue weighted by Gasteiger charge is 1.96. The third-order valence-electron chi connectivity index (χ3n) is 1.69. The van der Waals surface area contributed by atoms with Crippen molar-refractivity contribution in [1.29, 1.82) is 0 Å². The average molecular weight is 159 g/mol. The van der Waals surface area contributed by atoms with Crippen LogP contribution in [0.15, 0.2) is 18.5 Å². The molecule has 0 aliphatic rings. The van der Waals surface area contributed by atoms with Crippen LogP contribution in [0, 0.1) is 13.8 Å². The lowest BCUT2D eigenvalue weighted by Crippen LogP contribution is -1.90. The Morgan fingerprint density at radius 1 is 1.08 bits per heavy atom. The van der Waals surface area contributed by atoms with Crippen LogP contribution in [0.2, 0.25) is 0 Å². The van der Waals surface area contributed by atoms with E-state index in [0.717, 1.165) is 22.4 Å². The molecule has 0 atom stereocenters. The molecule has 2 rings (SSSR count). The van der Waals surface area contributed by atoms with Crippen LogP contribution < -0.4 is 0 Å². The van der Waals surface area contributed by atoms with E-state index in [1.807, 2.05) is 26.1 Å². The van der Waals surface area contributed by atoms with Crippen molar-refractivity contribution in [2.24, 2.45) is 0 Å². The largest absolute Gasteiger partial charge is 0.241 e. The summed E-state index contributed by atoms with van der Waals surface area (Å²) >= 11 is 0. The average Bonchev–Trinajstić information content (AvgIpc) is 2.05. The van der Waals surface area contributed by atoms with Crippen molar-refractivity contribution in [3.63, 3.8) is 0 Å². The number of nitrogens with zero attached hydrogens (tertiary/aromatic N) is 3. The molecule has 2 aromatic rings. The van der Waals surface area contributed by atoms with Crippen molar-refractivity contribution in [2.75, 3.05) is 0 Å². The molecule has 0 bridgehead atoms. The fraction of sp³-hybridized carbons (Fsp3) is 0.222. The molecule has 3 heteroatoms. The van der Waals surface area contributed by atoms with Gasteiger partial charge in [0.25, 0.3) is 0 Å². The van der Waals surface area contributed by atoms with Gasteiger partial charge in [-0.2, -0.15) is 0 Å². The molecule has 0 aromatic carbocycles. The van der Waals surface area contributed by atoms with Crippen LogP contribution in [0.5, 0.6) is 0 Å². The maximum absolute atomic E-state index is 4.19. The summed E-state index contributed by atoms with van der Waals surface area (Å²) < 4.78 is 0. The molecule has 0 unspecified atom stereocenters. The van der Waals surface area contributed by atoms with Gasteiger partial charge in [-0.15, -0.1) is 0 Å². The van der Waals surface area contributed by atoms with Crippen LogP contribution in [0.4, 0.5) is 0 Å². The van der Waals surface area contributed by atoms with Gasteiger partial charge in [-0.1, -0.05) is 0 Å². The fourth-order valence-electron chi connectivity index (χ4n) is 1.12. The summed E-state index contributed by atoms with van der Waals surface area (Å²) in [6.45, 7) is 3.87. The van der Waals surface area contributed by atoms with Crippen LogP contribution in [0.25, 0.3) is 11.0 Å². The van der Waals surface area contributed by atoms with Crippen molar-refractivity contribution < 1.29 is 0 Å². The third kappa shape index (κ3) is 1.13. The van der Waals surface area contributed by atoms with Crippen molar-refractivity contribution in [1.82, 2.24) is 15.0 Å². The van der Waals surface area contributed by atoms with Crippen LogP contribution in [0.1, 0.15) is 11.4 Å². The van der Waals surface area contributed by atoms with E-state index >= 15 is 0 Å². The summed E-state index contributed by atoms with van der Waals surface area (Å²) in [5.74, 6) is 0.763. The van der Waals surface area contributed by atoms with E-state index in [1.54, 1.807) is 6.20 Å². The summed E-state index contributed by atoms with van der Waals surface area (Å²) in [6.07, 6.45) is 3.62. The molecule has 0 aliphatic heterocycles. The second kappa shape index (κ2) is 2.52. The molecule has 12 heavy (non-hydrogen) atoms. The van der Waals surface area contributed by atoms with Gasteiger partial charge in [0, 0.05) is 17.8 Å². The van der Waals surface area contributed by atoms with Crippen LogP contribution in [0.3, 0.4) is 0 Å². The van der Waals surface area contributed by atoms with E-state index in [-0.39, 0.29) is 0 Å². The number of hydrogen-bond donors (Lipinski definition) is 0. The zero-order valence-corrected chi connectivity index (χ0v) is 7.07. The molecular formula is C9H9N3. The molecule has 2 heterocycles. The lowest BCUT2D eigenvalue weighted by Gasteiger charge is -1.97. The second-order valence-corrected chi connectivity index (χ2v) is 2.84. The number of rotatable bonds is 0. The maximum Gasteiger partial charge on any atom is 0.162 e. The van der Waals surface area contributed by atoms with Gasteiger partial charge in [0.2, 0.25) is 0 Å². The molecule has 0 saturated heterocycles. The Balaban J connectivity index is 2.79. The topological polar surface area (TPSA) is 38.7 Å². The summed E-state index contributed by atoms with van der Waals surface area (Å²) in [7, 11) is 0. The molecule has 60 valence electrons. The zero-order valence-electron chi connectivity index (χ0n) is 7.07. The van der Waals surface area contributed by atoms with E-state index < -0.39 is 0 Å². The minimum atomic E-state index is 0.763. The number of fused-ring (bicyclic) bond motifs is 1. The zero-order chi connectivity index (χ0) is 8.55. The second-order valence-electron chi connectivity index (χ2n) is 2.84. The van der Waals surface area contributed by atoms with Gasteiger partial charge in [0.1, 0.15) is 5.82 Å². The minimum absolute atomic E-state index is 0.763. The molecule has 0 amide bonds. The molecule has 0 fully saturated rings. The molecule has 0 radical (unpaired) electrons. The Bertz CT molecular complexity index is 382. The Hall–Kier alpha value is -1.51. The van der Waals surface area contributed by atoms with Gasteiger partial charge in [-0.05, 0) is 25.5 Å². The van der Waals surface area contributed by atoms with Crippen LogP contribution in [-0.2, 0) is 0 Å². The number of aryl methyl sites for hydroxylation is 2. The summed E-state index contributed by atoms with van der Waals surface area (Å²) in [5, 5.41) is 1.00. The first-order valence-corrected chi connectivity index (χ1v) is 3.82. The first kappa shape index (κ1) is 7.16. The first-order valence-electron chi connectivity index (χ1n) is 3.82. The Morgan fingerprint density at radius 2 is 1.92 bits per heavy atom. The highest BCUT2D eigenvalue weighted by atomic mass is 14.9. The van der Waals surface area contributed by atoms with Gasteiger partial charge >= 0.3 is 0 Å². The Morgan fingerprint density at radius 3 is 2.75 bits per heavy atom. The normalized spacial score (nSPS) is 10.5. The Kier molecular flexibility index (Phi) is 1.50. The summed E-state index contributed by atoms with van der Waals surface area (Å²) in [4.78, 5) is 12.5. The lowest BCUT2D eigenvalue weighted by atomic mass is 10.2. The van der Waals surface area contributed by atoms with E-state index in [4.69, 9.17) is 0 Å². The number of aromatic nitrogens is 3. The van der Waals surface area contributed by atoms with Gasteiger partial charge < -0.3 is 0 Å². The highest BCUT2D eigenvalue weighted by Crippen LogP contribution is 2.08. The van der Waals surface area contributed by atoms with Crippen molar-refractivity contribution >= 4 is 11.0 Å². The van der Waals surface area contributed by atoms with Gasteiger partial charge in [-0.25, -0.2) is 15.0 Å². The van der Waals surface area contributed by atoms with E-state index in [9.17, 15) is 0 Å². The van der Waals surface area contributed by atoms with Gasteiger partial charge in [0.15, 0.2) is 5.65 Å². The SMILES string of the molecule is Cc1cnc2nc(C)ncc2c1. The monoisotopic (exact) mass is 159 g/mol. The molecule has 3 nitrogen and oxygen atoms in total. The van der Waals surface area contributed by atoms with Crippen molar-refractivity contribution in [3.8, 4) is 0 Å². The van der Waals surface area contributed by atoms with Gasteiger partial charge in [0.05, 0.1) is 0 Å². The summed E-state index contributed by atoms with van der Waals surface area (Å²) in [5.41, 5.74) is 1.91. The predicted octanol–water partition coefficient (Wildman–Crippen LogP) is 1.64. The van der Waals surface area contributed by atoms with Crippen LogP contribution >= 0.6 is 0 Å². The molecule has 0 spiro atoms. The standard InChI is InChI=1S/C9H9N3/c1-6-3-8-5-10-7(2)12-9(8)11-4-6/h3-5H,1-2H3. The quantitative estimate of drug-likeness (QED) is 0.586. The molecule has 0 N–H and O–H groups in total. The maximum atomic E-state index is 4.19. The third-order valence-corrected chi connectivity index (χ3v) is 1.69. The molecule has 0 aliphatic carbocycles. The molecular weight excluding hydrogens is 150 g/mol. The molecule has 2 aromatic heterocycles. The van der Waals surface area contributed by atoms with E-state index in [2.05, 4.69) is 15.0 Å². The lowest BCUT2D eigenvalue weighted by molar-refractivity contribution is 1.07. The van der Waals surface area contributed by atoms with Crippen molar-refractivity contribution in [3.05, 3.63) is 29.8 Å². The first-order chi connectivity index (χ1) is 5.75.